The average molecular weight is 310 g/mol. The summed E-state index contributed by atoms with van der Waals surface area (Å²) in [5.41, 5.74) is 2.88. The minimum atomic E-state index is -0.122. The van der Waals surface area contributed by atoms with E-state index in [9.17, 15) is 9.59 Å². The molecule has 2 aromatic rings. The Morgan fingerprint density at radius 1 is 1.09 bits per heavy atom. The minimum Gasteiger partial charge on any atom is -0.352 e. The SMILES string of the molecule is CC(=O)c1cccc(-c2cncc(C(=O)NCCC(C)C)c2)c1. The van der Waals surface area contributed by atoms with Gasteiger partial charge in [-0.05, 0) is 37.0 Å². The van der Waals surface area contributed by atoms with Crippen molar-refractivity contribution in [2.24, 2.45) is 5.92 Å². The summed E-state index contributed by atoms with van der Waals surface area (Å²) in [7, 11) is 0. The van der Waals surface area contributed by atoms with Crippen molar-refractivity contribution in [2.45, 2.75) is 27.2 Å². The predicted molar refractivity (Wildman–Crippen MR) is 91.5 cm³/mol. The van der Waals surface area contributed by atoms with E-state index >= 15 is 0 Å². The molecule has 0 atom stereocenters. The normalized spacial score (nSPS) is 10.6. The van der Waals surface area contributed by atoms with Crippen molar-refractivity contribution >= 4 is 11.7 Å². The highest BCUT2D eigenvalue weighted by Crippen LogP contribution is 2.21. The van der Waals surface area contributed by atoms with Crippen LogP contribution in [-0.4, -0.2) is 23.2 Å². The molecule has 4 heteroatoms. The van der Waals surface area contributed by atoms with Gasteiger partial charge in [-0.3, -0.25) is 14.6 Å². The number of benzene rings is 1. The Balaban J connectivity index is 2.18. The Labute approximate surface area is 137 Å². The fraction of sp³-hybridized carbons (Fsp3) is 0.316. The summed E-state index contributed by atoms with van der Waals surface area (Å²) in [5, 5.41) is 2.91. The summed E-state index contributed by atoms with van der Waals surface area (Å²) in [5.74, 6) is 0.444. The van der Waals surface area contributed by atoms with Gasteiger partial charge in [0.25, 0.3) is 5.91 Å². The Kier molecular flexibility index (Phi) is 5.63. The number of hydrogen-bond acceptors (Lipinski definition) is 3. The molecule has 1 aromatic carbocycles. The van der Waals surface area contributed by atoms with Crippen LogP contribution >= 0.6 is 0 Å². The van der Waals surface area contributed by atoms with Gasteiger partial charge >= 0.3 is 0 Å². The van der Waals surface area contributed by atoms with Crippen molar-refractivity contribution < 1.29 is 9.59 Å². The Hall–Kier alpha value is -2.49. The van der Waals surface area contributed by atoms with Crippen molar-refractivity contribution in [1.29, 1.82) is 0 Å². The second kappa shape index (κ2) is 7.68. The minimum absolute atomic E-state index is 0.0161. The van der Waals surface area contributed by atoms with Gasteiger partial charge in [-0.15, -0.1) is 0 Å². The van der Waals surface area contributed by atoms with Gasteiger partial charge in [0, 0.05) is 30.1 Å². The number of carbonyl (C=O) groups is 2. The van der Waals surface area contributed by atoms with E-state index in [0.717, 1.165) is 17.5 Å². The van der Waals surface area contributed by atoms with E-state index in [4.69, 9.17) is 0 Å². The highest BCUT2D eigenvalue weighted by molar-refractivity contribution is 5.96. The van der Waals surface area contributed by atoms with Gasteiger partial charge < -0.3 is 5.32 Å². The fourth-order valence-electron chi connectivity index (χ4n) is 2.22. The number of Topliss-reactive ketones (excluding diaryl/α,β-unsaturated/α-hetero) is 1. The summed E-state index contributed by atoms with van der Waals surface area (Å²) >= 11 is 0. The number of ketones is 1. The summed E-state index contributed by atoms with van der Waals surface area (Å²) in [6, 6.07) is 9.14. The first-order valence-corrected chi connectivity index (χ1v) is 7.82. The zero-order valence-electron chi connectivity index (χ0n) is 13.8. The number of nitrogens with one attached hydrogen (secondary N) is 1. The van der Waals surface area contributed by atoms with E-state index in [2.05, 4.69) is 24.1 Å². The Morgan fingerprint density at radius 3 is 2.52 bits per heavy atom. The molecule has 0 aliphatic rings. The molecule has 1 amide bonds. The van der Waals surface area contributed by atoms with Crippen LogP contribution in [0.4, 0.5) is 0 Å². The maximum absolute atomic E-state index is 12.2. The quantitative estimate of drug-likeness (QED) is 0.827. The first-order valence-electron chi connectivity index (χ1n) is 7.82. The van der Waals surface area contributed by atoms with E-state index in [-0.39, 0.29) is 11.7 Å². The topological polar surface area (TPSA) is 59.1 Å². The zero-order chi connectivity index (χ0) is 16.8. The predicted octanol–water partition coefficient (Wildman–Crippen LogP) is 3.73. The van der Waals surface area contributed by atoms with E-state index in [1.807, 2.05) is 18.2 Å². The van der Waals surface area contributed by atoms with Crippen LogP contribution in [0.15, 0.2) is 42.7 Å². The highest BCUT2D eigenvalue weighted by Gasteiger charge is 2.09. The Morgan fingerprint density at radius 2 is 1.83 bits per heavy atom. The van der Waals surface area contributed by atoms with Gasteiger partial charge in [0.15, 0.2) is 5.78 Å². The molecule has 0 unspecified atom stereocenters. The molecule has 0 fully saturated rings. The van der Waals surface area contributed by atoms with Crippen molar-refractivity contribution in [3.8, 4) is 11.1 Å². The van der Waals surface area contributed by atoms with Crippen LogP contribution in [0.25, 0.3) is 11.1 Å². The summed E-state index contributed by atoms with van der Waals surface area (Å²) in [6.45, 7) is 6.43. The van der Waals surface area contributed by atoms with Crippen molar-refractivity contribution in [2.75, 3.05) is 6.54 Å². The lowest BCUT2D eigenvalue weighted by Gasteiger charge is -2.08. The molecule has 2 rings (SSSR count). The fourth-order valence-corrected chi connectivity index (χ4v) is 2.22. The molecule has 4 nitrogen and oxygen atoms in total. The number of rotatable bonds is 6. The molecule has 0 aliphatic heterocycles. The molecule has 1 heterocycles. The van der Waals surface area contributed by atoms with Crippen LogP contribution in [0.1, 0.15) is 47.9 Å². The van der Waals surface area contributed by atoms with Crippen molar-refractivity contribution in [1.82, 2.24) is 10.3 Å². The number of pyridine rings is 1. The van der Waals surface area contributed by atoms with Crippen molar-refractivity contribution in [3.05, 3.63) is 53.9 Å². The molecular formula is C19H22N2O2. The lowest BCUT2D eigenvalue weighted by Crippen LogP contribution is -2.25. The summed E-state index contributed by atoms with van der Waals surface area (Å²) in [6.07, 6.45) is 4.20. The third-order valence-electron chi connectivity index (χ3n) is 3.61. The maximum Gasteiger partial charge on any atom is 0.252 e. The van der Waals surface area contributed by atoms with Crippen LogP contribution < -0.4 is 5.32 Å². The van der Waals surface area contributed by atoms with Crippen LogP contribution in [0.3, 0.4) is 0 Å². The maximum atomic E-state index is 12.2. The molecule has 0 saturated heterocycles. The third kappa shape index (κ3) is 4.74. The molecule has 120 valence electrons. The standard InChI is InChI=1S/C19H22N2O2/c1-13(2)7-8-21-19(23)18-10-17(11-20-12-18)16-6-4-5-15(9-16)14(3)22/h4-6,9-13H,7-8H2,1-3H3,(H,21,23). The van der Waals surface area contributed by atoms with E-state index in [0.29, 0.717) is 23.6 Å². The largest absolute Gasteiger partial charge is 0.352 e. The van der Waals surface area contributed by atoms with Gasteiger partial charge in [0.2, 0.25) is 0 Å². The molecule has 1 N–H and O–H groups in total. The smallest absolute Gasteiger partial charge is 0.252 e. The lowest BCUT2D eigenvalue weighted by atomic mass is 10.0. The van der Waals surface area contributed by atoms with E-state index < -0.39 is 0 Å². The molecule has 0 saturated carbocycles. The second-order valence-corrected chi connectivity index (χ2v) is 6.04. The molecule has 23 heavy (non-hydrogen) atoms. The molecule has 0 bridgehead atoms. The number of carbonyl (C=O) groups excluding carboxylic acids is 2. The number of hydrogen-bond donors (Lipinski definition) is 1. The van der Waals surface area contributed by atoms with E-state index in [1.165, 1.54) is 6.92 Å². The van der Waals surface area contributed by atoms with Crippen LogP contribution in [0, 0.1) is 5.92 Å². The number of aromatic nitrogens is 1. The first-order chi connectivity index (χ1) is 11.0. The summed E-state index contributed by atoms with van der Waals surface area (Å²) in [4.78, 5) is 27.8. The van der Waals surface area contributed by atoms with Crippen LogP contribution in [-0.2, 0) is 0 Å². The van der Waals surface area contributed by atoms with Gasteiger partial charge in [0.05, 0.1) is 5.56 Å². The lowest BCUT2D eigenvalue weighted by molar-refractivity contribution is 0.0950. The number of amides is 1. The van der Waals surface area contributed by atoms with Gasteiger partial charge in [-0.25, -0.2) is 0 Å². The monoisotopic (exact) mass is 310 g/mol. The average Bonchev–Trinajstić information content (AvgIpc) is 2.54. The third-order valence-corrected chi connectivity index (χ3v) is 3.61. The van der Waals surface area contributed by atoms with Gasteiger partial charge in [-0.1, -0.05) is 32.0 Å². The van der Waals surface area contributed by atoms with Crippen LogP contribution in [0.2, 0.25) is 0 Å². The number of nitrogens with zero attached hydrogens (tertiary/aromatic N) is 1. The highest BCUT2D eigenvalue weighted by atomic mass is 16.1. The molecule has 0 radical (unpaired) electrons. The molecular weight excluding hydrogens is 288 g/mol. The zero-order valence-corrected chi connectivity index (χ0v) is 13.8. The van der Waals surface area contributed by atoms with Gasteiger partial charge in [0.1, 0.15) is 0 Å². The Bertz CT molecular complexity index is 708. The molecule has 0 spiro atoms. The summed E-state index contributed by atoms with van der Waals surface area (Å²) < 4.78 is 0. The molecule has 0 aliphatic carbocycles. The second-order valence-electron chi connectivity index (χ2n) is 6.04. The van der Waals surface area contributed by atoms with Crippen LogP contribution in [0.5, 0.6) is 0 Å². The first kappa shape index (κ1) is 16.9. The van der Waals surface area contributed by atoms with Gasteiger partial charge in [-0.2, -0.15) is 0 Å². The van der Waals surface area contributed by atoms with E-state index in [1.54, 1.807) is 24.5 Å². The van der Waals surface area contributed by atoms with Crippen molar-refractivity contribution in [3.63, 3.8) is 0 Å². The molecule has 1 aromatic heterocycles.